The normalized spacial score (nSPS) is 10.6. The molecule has 0 saturated carbocycles. The summed E-state index contributed by atoms with van der Waals surface area (Å²) in [7, 11) is 1.64. The van der Waals surface area contributed by atoms with E-state index in [0.29, 0.717) is 17.3 Å². The Morgan fingerprint density at radius 3 is 2.82 bits per heavy atom. The molecule has 0 aliphatic rings. The van der Waals surface area contributed by atoms with Crippen LogP contribution in [0.5, 0.6) is 0 Å². The Morgan fingerprint density at radius 1 is 1.32 bits per heavy atom. The third-order valence-corrected chi connectivity index (χ3v) is 3.88. The fraction of sp³-hybridized carbons (Fsp3) is 0.125. The Kier molecular flexibility index (Phi) is 4.32. The number of ether oxygens (including phenoxy) is 1. The number of benzene rings is 1. The second-order valence-electron chi connectivity index (χ2n) is 4.71. The van der Waals surface area contributed by atoms with Crippen LogP contribution >= 0.6 is 11.3 Å². The lowest BCUT2D eigenvalue weighted by Gasteiger charge is -2.03. The second kappa shape index (κ2) is 6.55. The van der Waals surface area contributed by atoms with Crippen LogP contribution in [-0.4, -0.2) is 23.0 Å². The topological polar surface area (TPSA) is 67.0 Å². The summed E-state index contributed by atoms with van der Waals surface area (Å²) in [5.41, 5.74) is 3.38. The van der Waals surface area contributed by atoms with Crippen molar-refractivity contribution in [1.29, 1.82) is 0 Å². The summed E-state index contributed by atoms with van der Waals surface area (Å²) in [5.74, 6) is -0.170. The van der Waals surface area contributed by atoms with E-state index in [1.165, 1.54) is 11.3 Å². The van der Waals surface area contributed by atoms with Gasteiger partial charge in [0, 0.05) is 24.3 Å². The highest BCUT2D eigenvalue weighted by Crippen LogP contribution is 2.23. The third kappa shape index (κ3) is 3.24. The van der Waals surface area contributed by atoms with Crippen LogP contribution in [0.2, 0.25) is 0 Å². The zero-order valence-corrected chi connectivity index (χ0v) is 12.8. The summed E-state index contributed by atoms with van der Waals surface area (Å²) < 4.78 is 5.05. The largest absolute Gasteiger partial charge is 0.380 e. The van der Waals surface area contributed by atoms with Gasteiger partial charge in [-0.1, -0.05) is 12.1 Å². The number of anilines is 1. The van der Waals surface area contributed by atoms with E-state index in [4.69, 9.17) is 4.74 Å². The number of aromatic amines is 1. The van der Waals surface area contributed by atoms with Gasteiger partial charge in [0.25, 0.3) is 5.91 Å². The fourth-order valence-corrected chi connectivity index (χ4v) is 2.74. The standard InChI is InChI=1S/C16H15N3O2S/c1-21-9-11-4-6-12(7-5-11)15(20)19-16-18-14(10-22-16)13-3-2-8-17-13/h2-8,10,17H,9H2,1H3,(H,18,19,20). The van der Waals surface area contributed by atoms with Crippen LogP contribution < -0.4 is 5.32 Å². The Labute approximate surface area is 132 Å². The van der Waals surface area contributed by atoms with Gasteiger partial charge in [-0.05, 0) is 29.8 Å². The van der Waals surface area contributed by atoms with Gasteiger partial charge in [-0.2, -0.15) is 0 Å². The van der Waals surface area contributed by atoms with Crippen molar-refractivity contribution >= 4 is 22.4 Å². The van der Waals surface area contributed by atoms with E-state index in [-0.39, 0.29) is 5.91 Å². The molecule has 2 N–H and O–H groups in total. The molecule has 0 unspecified atom stereocenters. The molecule has 0 atom stereocenters. The van der Waals surface area contributed by atoms with E-state index < -0.39 is 0 Å². The molecule has 0 saturated heterocycles. The van der Waals surface area contributed by atoms with Gasteiger partial charge in [-0.3, -0.25) is 10.1 Å². The third-order valence-electron chi connectivity index (χ3n) is 3.13. The maximum absolute atomic E-state index is 12.2. The first-order valence-electron chi connectivity index (χ1n) is 6.75. The molecule has 2 heterocycles. The van der Waals surface area contributed by atoms with Gasteiger partial charge < -0.3 is 9.72 Å². The summed E-state index contributed by atoms with van der Waals surface area (Å²) >= 11 is 1.40. The second-order valence-corrected chi connectivity index (χ2v) is 5.56. The molecular weight excluding hydrogens is 298 g/mol. The number of thiazole rings is 1. The van der Waals surface area contributed by atoms with Crippen LogP contribution in [0.3, 0.4) is 0 Å². The summed E-state index contributed by atoms with van der Waals surface area (Å²) in [6, 6.07) is 11.2. The minimum absolute atomic E-state index is 0.170. The van der Waals surface area contributed by atoms with Crippen molar-refractivity contribution in [1.82, 2.24) is 9.97 Å². The first-order chi connectivity index (χ1) is 10.8. The maximum Gasteiger partial charge on any atom is 0.257 e. The number of H-pyrrole nitrogens is 1. The predicted octanol–water partition coefficient (Wildman–Crippen LogP) is 3.54. The Balaban J connectivity index is 1.69. The number of nitrogens with one attached hydrogen (secondary N) is 2. The minimum Gasteiger partial charge on any atom is -0.380 e. The van der Waals surface area contributed by atoms with Crippen LogP contribution in [0.1, 0.15) is 15.9 Å². The van der Waals surface area contributed by atoms with Gasteiger partial charge in [0.2, 0.25) is 0 Å². The number of carbonyl (C=O) groups is 1. The molecule has 0 radical (unpaired) electrons. The first-order valence-corrected chi connectivity index (χ1v) is 7.63. The molecule has 6 heteroatoms. The molecule has 2 aromatic heterocycles. The molecule has 0 bridgehead atoms. The Bertz CT molecular complexity index is 748. The number of aromatic nitrogens is 2. The number of carbonyl (C=O) groups excluding carboxylic acids is 1. The maximum atomic E-state index is 12.2. The summed E-state index contributed by atoms with van der Waals surface area (Å²) in [5, 5.41) is 5.30. The molecule has 0 aliphatic heterocycles. The lowest BCUT2D eigenvalue weighted by atomic mass is 10.1. The molecule has 0 aliphatic carbocycles. The van der Waals surface area contributed by atoms with E-state index in [1.807, 2.05) is 35.8 Å². The van der Waals surface area contributed by atoms with Gasteiger partial charge in [-0.15, -0.1) is 11.3 Å². The molecule has 22 heavy (non-hydrogen) atoms. The summed E-state index contributed by atoms with van der Waals surface area (Å²) in [4.78, 5) is 19.7. The van der Waals surface area contributed by atoms with Gasteiger partial charge in [0.1, 0.15) is 0 Å². The number of amides is 1. The molecule has 3 rings (SSSR count). The number of rotatable bonds is 5. The van der Waals surface area contributed by atoms with Crippen molar-refractivity contribution in [2.75, 3.05) is 12.4 Å². The van der Waals surface area contributed by atoms with E-state index in [2.05, 4.69) is 15.3 Å². The smallest absolute Gasteiger partial charge is 0.257 e. The van der Waals surface area contributed by atoms with E-state index in [0.717, 1.165) is 17.0 Å². The number of hydrogen-bond donors (Lipinski definition) is 2. The Hall–Kier alpha value is -2.44. The van der Waals surface area contributed by atoms with E-state index in [1.54, 1.807) is 19.2 Å². The SMILES string of the molecule is COCc1ccc(C(=O)Nc2nc(-c3ccc[nH]3)cs2)cc1. The minimum atomic E-state index is -0.170. The molecular formula is C16H15N3O2S. The van der Waals surface area contributed by atoms with Crippen LogP contribution in [0.25, 0.3) is 11.4 Å². The zero-order chi connectivity index (χ0) is 15.4. The summed E-state index contributed by atoms with van der Waals surface area (Å²) in [6.45, 7) is 0.536. The van der Waals surface area contributed by atoms with Gasteiger partial charge in [0.15, 0.2) is 5.13 Å². The van der Waals surface area contributed by atoms with Crippen molar-refractivity contribution in [2.45, 2.75) is 6.61 Å². The molecule has 0 spiro atoms. The number of hydrogen-bond acceptors (Lipinski definition) is 4. The van der Waals surface area contributed by atoms with Gasteiger partial charge in [-0.25, -0.2) is 4.98 Å². The number of nitrogens with zero attached hydrogens (tertiary/aromatic N) is 1. The molecule has 1 aromatic carbocycles. The van der Waals surface area contributed by atoms with Crippen LogP contribution in [-0.2, 0) is 11.3 Å². The quantitative estimate of drug-likeness (QED) is 0.757. The molecule has 112 valence electrons. The van der Waals surface area contributed by atoms with E-state index in [9.17, 15) is 4.79 Å². The Morgan fingerprint density at radius 2 is 2.14 bits per heavy atom. The highest BCUT2D eigenvalue weighted by molar-refractivity contribution is 7.14. The predicted molar refractivity (Wildman–Crippen MR) is 87.0 cm³/mol. The van der Waals surface area contributed by atoms with Crippen molar-refractivity contribution < 1.29 is 9.53 Å². The molecule has 0 fully saturated rings. The average Bonchev–Trinajstić information content (AvgIpc) is 3.19. The van der Waals surface area contributed by atoms with Crippen molar-refractivity contribution in [3.8, 4) is 11.4 Å². The van der Waals surface area contributed by atoms with E-state index >= 15 is 0 Å². The van der Waals surface area contributed by atoms with Crippen molar-refractivity contribution in [3.05, 3.63) is 59.1 Å². The zero-order valence-electron chi connectivity index (χ0n) is 12.0. The highest BCUT2D eigenvalue weighted by atomic mass is 32.1. The van der Waals surface area contributed by atoms with Crippen molar-refractivity contribution in [2.24, 2.45) is 0 Å². The van der Waals surface area contributed by atoms with Gasteiger partial charge >= 0.3 is 0 Å². The average molecular weight is 313 g/mol. The summed E-state index contributed by atoms with van der Waals surface area (Å²) in [6.07, 6.45) is 1.84. The van der Waals surface area contributed by atoms with Crippen molar-refractivity contribution in [3.63, 3.8) is 0 Å². The molecule has 3 aromatic rings. The van der Waals surface area contributed by atoms with Crippen LogP contribution in [0.15, 0.2) is 48.0 Å². The number of methoxy groups -OCH3 is 1. The molecule has 5 nitrogen and oxygen atoms in total. The molecule has 1 amide bonds. The lowest BCUT2D eigenvalue weighted by molar-refractivity contribution is 0.102. The monoisotopic (exact) mass is 313 g/mol. The van der Waals surface area contributed by atoms with Crippen LogP contribution in [0, 0.1) is 0 Å². The fourth-order valence-electron chi connectivity index (χ4n) is 2.03. The first kappa shape index (κ1) is 14.5. The van der Waals surface area contributed by atoms with Crippen LogP contribution in [0.4, 0.5) is 5.13 Å². The lowest BCUT2D eigenvalue weighted by Crippen LogP contribution is -2.11. The highest BCUT2D eigenvalue weighted by Gasteiger charge is 2.10. The van der Waals surface area contributed by atoms with Gasteiger partial charge in [0.05, 0.1) is 18.0 Å².